The molecule has 1 saturated heterocycles. The quantitative estimate of drug-likeness (QED) is 0.800. The number of nitrogens with zero attached hydrogens (tertiary/aromatic N) is 1. The lowest BCUT2D eigenvalue weighted by atomic mass is 10.2. The van der Waals surface area contributed by atoms with Crippen LogP contribution in [0.2, 0.25) is 0 Å². The first-order valence-electron chi connectivity index (χ1n) is 6.43. The van der Waals surface area contributed by atoms with E-state index in [4.69, 9.17) is 14.2 Å². The molecule has 0 aromatic heterocycles. The molecule has 0 radical (unpaired) electrons. The van der Waals surface area contributed by atoms with Crippen molar-refractivity contribution in [3.63, 3.8) is 0 Å². The molecular formula is C14H21NO3. The monoisotopic (exact) mass is 251 g/mol. The number of ether oxygens (including phenoxy) is 3. The lowest BCUT2D eigenvalue weighted by Crippen LogP contribution is -2.35. The van der Waals surface area contributed by atoms with Gasteiger partial charge < -0.3 is 14.2 Å². The predicted molar refractivity (Wildman–Crippen MR) is 70.3 cm³/mol. The Balaban J connectivity index is 2.05. The van der Waals surface area contributed by atoms with Crippen LogP contribution in [-0.2, 0) is 11.3 Å². The van der Waals surface area contributed by atoms with Crippen LogP contribution in [0.1, 0.15) is 12.5 Å². The fourth-order valence-corrected chi connectivity index (χ4v) is 2.11. The third-order valence-corrected chi connectivity index (χ3v) is 3.04. The summed E-state index contributed by atoms with van der Waals surface area (Å²) in [5.74, 6) is 1.62. The van der Waals surface area contributed by atoms with E-state index in [2.05, 4.69) is 17.0 Å². The summed E-state index contributed by atoms with van der Waals surface area (Å²) in [7, 11) is 1.67. The highest BCUT2D eigenvalue weighted by Gasteiger charge is 2.12. The molecule has 0 N–H and O–H groups in total. The van der Waals surface area contributed by atoms with Gasteiger partial charge in [-0.25, -0.2) is 0 Å². The molecule has 0 saturated carbocycles. The summed E-state index contributed by atoms with van der Waals surface area (Å²) in [6, 6.07) is 6.13. The molecule has 1 aliphatic rings. The summed E-state index contributed by atoms with van der Waals surface area (Å²) >= 11 is 0. The highest BCUT2D eigenvalue weighted by atomic mass is 16.5. The van der Waals surface area contributed by atoms with E-state index >= 15 is 0 Å². The molecule has 0 unspecified atom stereocenters. The van der Waals surface area contributed by atoms with Gasteiger partial charge in [-0.05, 0) is 24.6 Å². The van der Waals surface area contributed by atoms with E-state index in [-0.39, 0.29) is 0 Å². The Labute approximate surface area is 108 Å². The molecule has 0 atom stereocenters. The Morgan fingerprint density at radius 3 is 2.67 bits per heavy atom. The van der Waals surface area contributed by atoms with Crippen molar-refractivity contribution < 1.29 is 14.2 Å². The highest BCUT2D eigenvalue weighted by Crippen LogP contribution is 2.28. The van der Waals surface area contributed by atoms with Crippen LogP contribution in [0.25, 0.3) is 0 Å². The van der Waals surface area contributed by atoms with Crippen molar-refractivity contribution >= 4 is 0 Å². The predicted octanol–water partition coefficient (Wildman–Crippen LogP) is 1.93. The molecular weight excluding hydrogens is 230 g/mol. The van der Waals surface area contributed by atoms with Crippen LogP contribution in [0.15, 0.2) is 18.2 Å². The Bertz CT molecular complexity index is 375. The van der Waals surface area contributed by atoms with E-state index in [1.165, 1.54) is 5.56 Å². The van der Waals surface area contributed by atoms with Crippen LogP contribution in [0.4, 0.5) is 0 Å². The molecule has 0 spiro atoms. The standard InChI is InChI=1S/C14H21NO3/c1-3-18-14-10-12(4-5-13(14)16-2)11-15-6-8-17-9-7-15/h4-5,10H,3,6-9,11H2,1-2H3. The molecule has 18 heavy (non-hydrogen) atoms. The molecule has 4 nitrogen and oxygen atoms in total. The van der Waals surface area contributed by atoms with E-state index in [0.717, 1.165) is 44.3 Å². The van der Waals surface area contributed by atoms with Gasteiger partial charge in [0.25, 0.3) is 0 Å². The van der Waals surface area contributed by atoms with E-state index < -0.39 is 0 Å². The summed E-state index contributed by atoms with van der Waals surface area (Å²) < 4.78 is 16.2. The average molecular weight is 251 g/mol. The van der Waals surface area contributed by atoms with Gasteiger partial charge in [0, 0.05) is 19.6 Å². The smallest absolute Gasteiger partial charge is 0.161 e. The summed E-state index contributed by atoms with van der Waals surface area (Å²) in [5.41, 5.74) is 1.25. The summed E-state index contributed by atoms with van der Waals surface area (Å²) in [4.78, 5) is 2.39. The number of benzene rings is 1. The molecule has 1 aliphatic heterocycles. The van der Waals surface area contributed by atoms with Gasteiger partial charge in [-0.1, -0.05) is 6.07 Å². The van der Waals surface area contributed by atoms with Gasteiger partial charge in [0.1, 0.15) is 0 Å². The molecule has 1 heterocycles. The Morgan fingerprint density at radius 2 is 2.00 bits per heavy atom. The normalized spacial score (nSPS) is 16.6. The van der Waals surface area contributed by atoms with Crippen LogP contribution < -0.4 is 9.47 Å². The van der Waals surface area contributed by atoms with Crippen LogP contribution in [0, 0.1) is 0 Å². The van der Waals surface area contributed by atoms with Gasteiger partial charge in [0.2, 0.25) is 0 Å². The van der Waals surface area contributed by atoms with Crippen molar-refractivity contribution in [3.8, 4) is 11.5 Å². The second-order valence-electron chi connectivity index (χ2n) is 4.31. The van der Waals surface area contributed by atoms with Crippen molar-refractivity contribution in [3.05, 3.63) is 23.8 Å². The minimum atomic E-state index is 0.650. The molecule has 0 bridgehead atoms. The topological polar surface area (TPSA) is 30.9 Å². The number of rotatable bonds is 5. The number of hydrogen-bond acceptors (Lipinski definition) is 4. The van der Waals surface area contributed by atoms with Gasteiger partial charge in [-0.3, -0.25) is 4.90 Å². The van der Waals surface area contributed by atoms with Crippen molar-refractivity contribution in [2.75, 3.05) is 40.0 Å². The minimum Gasteiger partial charge on any atom is -0.493 e. The van der Waals surface area contributed by atoms with Gasteiger partial charge in [0.15, 0.2) is 11.5 Å². The van der Waals surface area contributed by atoms with E-state index in [0.29, 0.717) is 6.61 Å². The maximum absolute atomic E-state index is 5.59. The van der Waals surface area contributed by atoms with Gasteiger partial charge in [-0.2, -0.15) is 0 Å². The first-order chi connectivity index (χ1) is 8.83. The van der Waals surface area contributed by atoms with Crippen LogP contribution in [-0.4, -0.2) is 44.9 Å². The SMILES string of the molecule is CCOc1cc(CN2CCOCC2)ccc1OC. The summed E-state index contributed by atoms with van der Waals surface area (Å²) in [5, 5.41) is 0. The highest BCUT2D eigenvalue weighted by molar-refractivity contribution is 5.42. The second kappa shape index (κ2) is 6.61. The fraction of sp³-hybridized carbons (Fsp3) is 0.571. The first kappa shape index (κ1) is 13.2. The molecule has 2 rings (SSSR count). The summed E-state index contributed by atoms with van der Waals surface area (Å²) in [6.07, 6.45) is 0. The Hall–Kier alpha value is -1.26. The van der Waals surface area contributed by atoms with Gasteiger partial charge in [0.05, 0.1) is 26.9 Å². The number of morpholine rings is 1. The van der Waals surface area contributed by atoms with Crippen molar-refractivity contribution in [2.45, 2.75) is 13.5 Å². The average Bonchev–Trinajstić information content (AvgIpc) is 2.41. The van der Waals surface area contributed by atoms with Crippen molar-refractivity contribution in [1.82, 2.24) is 4.90 Å². The lowest BCUT2D eigenvalue weighted by Gasteiger charge is -2.26. The lowest BCUT2D eigenvalue weighted by molar-refractivity contribution is 0.0341. The molecule has 100 valence electrons. The zero-order valence-electron chi connectivity index (χ0n) is 11.1. The van der Waals surface area contributed by atoms with Gasteiger partial charge in [-0.15, -0.1) is 0 Å². The van der Waals surface area contributed by atoms with E-state index in [1.807, 2.05) is 13.0 Å². The zero-order valence-corrected chi connectivity index (χ0v) is 11.1. The van der Waals surface area contributed by atoms with Crippen LogP contribution >= 0.6 is 0 Å². The maximum Gasteiger partial charge on any atom is 0.161 e. The largest absolute Gasteiger partial charge is 0.493 e. The van der Waals surface area contributed by atoms with E-state index in [9.17, 15) is 0 Å². The van der Waals surface area contributed by atoms with Crippen LogP contribution in [0.5, 0.6) is 11.5 Å². The Morgan fingerprint density at radius 1 is 1.22 bits per heavy atom. The number of hydrogen-bond donors (Lipinski definition) is 0. The van der Waals surface area contributed by atoms with Crippen molar-refractivity contribution in [1.29, 1.82) is 0 Å². The van der Waals surface area contributed by atoms with Crippen LogP contribution in [0.3, 0.4) is 0 Å². The van der Waals surface area contributed by atoms with E-state index in [1.54, 1.807) is 7.11 Å². The minimum absolute atomic E-state index is 0.650. The van der Waals surface area contributed by atoms with Gasteiger partial charge >= 0.3 is 0 Å². The molecule has 1 fully saturated rings. The summed E-state index contributed by atoms with van der Waals surface area (Å²) in [6.45, 7) is 7.22. The second-order valence-corrected chi connectivity index (χ2v) is 4.31. The Kier molecular flexibility index (Phi) is 4.84. The molecule has 1 aromatic carbocycles. The maximum atomic E-state index is 5.59. The number of methoxy groups -OCH3 is 1. The molecule has 0 aliphatic carbocycles. The molecule has 4 heteroatoms. The fourth-order valence-electron chi connectivity index (χ4n) is 2.11. The third kappa shape index (κ3) is 3.37. The molecule has 0 amide bonds. The third-order valence-electron chi connectivity index (χ3n) is 3.04. The molecule has 1 aromatic rings. The zero-order chi connectivity index (χ0) is 12.8. The van der Waals surface area contributed by atoms with Crippen molar-refractivity contribution in [2.24, 2.45) is 0 Å². The first-order valence-corrected chi connectivity index (χ1v) is 6.43.